The fourth-order valence-electron chi connectivity index (χ4n) is 2.11. The van der Waals surface area contributed by atoms with E-state index in [0.29, 0.717) is 16.5 Å². The summed E-state index contributed by atoms with van der Waals surface area (Å²) in [6.07, 6.45) is 0. The Morgan fingerprint density at radius 3 is 2.61 bits per heavy atom. The van der Waals surface area contributed by atoms with E-state index in [1.165, 1.54) is 12.1 Å². The molecule has 1 N–H and O–H groups in total. The van der Waals surface area contributed by atoms with Gasteiger partial charge in [0.1, 0.15) is 0 Å². The molecular formula is C17H11Cl2F2N3O2S2. The number of halogens is 4. The average molecular weight is 462 g/mol. The van der Waals surface area contributed by atoms with Gasteiger partial charge < -0.3 is 9.73 Å². The zero-order chi connectivity index (χ0) is 20.1. The van der Waals surface area contributed by atoms with Gasteiger partial charge in [-0.3, -0.25) is 4.79 Å². The molecule has 1 amide bonds. The minimum absolute atomic E-state index is 0.0481. The molecule has 0 aliphatic carbocycles. The molecule has 0 bridgehead atoms. The predicted octanol–water partition coefficient (Wildman–Crippen LogP) is 6.09. The van der Waals surface area contributed by atoms with Crippen molar-refractivity contribution < 1.29 is 18.0 Å². The van der Waals surface area contributed by atoms with Gasteiger partial charge in [0, 0.05) is 10.6 Å². The van der Waals surface area contributed by atoms with E-state index in [-0.39, 0.29) is 38.3 Å². The molecule has 28 heavy (non-hydrogen) atoms. The van der Waals surface area contributed by atoms with E-state index in [1.807, 2.05) is 0 Å². The van der Waals surface area contributed by atoms with Crippen LogP contribution in [0.2, 0.25) is 10.0 Å². The summed E-state index contributed by atoms with van der Waals surface area (Å²) in [7, 11) is 0. The Kier molecular flexibility index (Phi) is 7.17. The van der Waals surface area contributed by atoms with Gasteiger partial charge in [-0.1, -0.05) is 52.8 Å². The summed E-state index contributed by atoms with van der Waals surface area (Å²) in [6.45, 7) is 0. The van der Waals surface area contributed by atoms with Crippen molar-refractivity contribution >= 4 is 58.3 Å². The van der Waals surface area contributed by atoms with Crippen LogP contribution in [0.3, 0.4) is 0 Å². The van der Waals surface area contributed by atoms with Crippen molar-refractivity contribution in [2.75, 3.05) is 11.1 Å². The maximum Gasteiger partial charge on any atom is 0.289 e. The Bertz CT molecular complexity index is 971. The van der Waals surface area contributed by atoms with Crippen molar-refractivity contribution in [2.24, 2.45) is 0 Å². The molecule has 0 spiro atoms. The van der Waals surface area contributed by atoms with Gasteiger partial charge in [-0.15, -0.1) is 10.2 Å². The number of hydrogen-bond donors (Lipinski definition) is 1. The topological polar surface area (TPSA) is 68.0 Å². The minimum atomic E-state index is -2.66. The second kappa shape index (κ2) is 9.60. The summed E-state index contributed by atoms with van der Waals surface area (Å²) >= 11 is 13.1. The highest BCUT2D eigenvalue weighted by atomic mass is 35.5. The molecule has 1 aromatic heterocycles. The van der Waals surface area contributed by atoms with Crippen LogP contribution >= 0.6 is 46.7 Å². The highest BCUT2D eigenvalue weighted by Gasteiger charge is 2.16. The van der Waals surface area contributed by atoms with Crippen molar-refractivity contribution in [1.82, 2.24) is 10.2 Å². The number of carbonyl (C=O) groups is 1. The zero-order valence-corrected chi connectivity index (χ0v) is 17.0. The summed E-state index contributed by atoms with van der Waals surface area (Å²) in [5, 5.41) is 11.3. The van der Waals surface area contributed by atoms with Gasteiger partial charge in [-0.2, -0.15) is 8.78 Å². The minimum Gasteiger partial charge on any atom is -0.411 e. The highest BCUT2D eigenvalue weighted by Crippen LogP contribution is 2.37. The lowest BCUT2D eigenvalue weighted by molar-refractivity contribution is -0.113. The number of anilines is 1. The largest absolute Gasteiger partial charge is 0.411 e. The summed E-state index contributed by atoms with van der Waals surface area (Å²) in [5.41, 5.74) is 0.913. The molecule has 0 unspecified atom stereocenters. The second-order valence-electron chi connectivity index (χ2n) is 5.21. The van der Waals surface area contributed by atoms with Gasteiger partial charge in [0.05, 0.1) is 21.4 Å². The van der Waals surface area contributed by atoms with Crippen LogP contribution in [0.5, 0.6) is 0 Å². The SMILES string of the molecule is O=C(CSc1nnc(-c2ccc(Cl)cc2)o1)Nc1cccc(Cl)c1SC(F)F. The van der Waals surface area contributed by atoms with Crippen molar-refractivity contribution in [3.05, 3.63) is 52.5 Å². The van der Waals surface area contributed by atoms with Crippen LogP contribution in [0.4, 0.5) is 14.5 Å². The lowest BCUT2D eigenvalue weighted by Gasteiger charge is -2.11. The lowest BCUT2D eigenvalue weighted by atomic mass is 10.2. The Labute approximate surface area is 177 Å². The van der Waals surface area contributed by atoms with Crippen LogP contribution in [-0.2, 0) is 4.79 Å². The Morgan fingerprint density at radius 2 is 1.89 bits per heavy atom. The molecule has 0 aliphatic heterocycles. The van der Waals surface area contributed by atoms with Crippen molar-refractivity contribution in [1.29, 1.82) is 0 Å². The molecule has 3 aromatic rings. The Hall–Kier alpha value is -1.81. The molecule has 1 heterocycles. The smallest absolute Gasteiger partial charge is 0.289 e. The lowest BCUT2D eigenvalue weighted by Crippen LogP contribution is -2.14. The number of thioether (sulfide) groups is 2. The first-order chi connectivity index (χ1) is 13.4. The number of alkyl halides is 2. The number of nitrogens with zero attached hydrogens (tertiary/aromatic N) is 2. The van der Waals surface area contributed by atoms with E-state index in [9.17, 15) is 13.6 Å². The number of amides is 1. The van der Waals surface area contributed by atoms with E-state index in [2.05, 4.69) is 15.5 Å². The summed E-state index contributed by atoms with van der Waals surface area (Å²) in [6, 6.07) is 11.4. The summed E-state index contributed by atoms with van der Waals surface area (Å²) in [5.74, 6) is -2.83. The van der Waals surface area contributed by atoms with Gasteiger partial charge >= 0.3 is 0 Å². The number of rotatable bonds is 7. The number of aromatic nitrogens is 2. The molecular weight excluding hydrogens is 451 g/mol. The van der Waals surface area contributed by atoms with Crippen molar-refractivity contribution in [3.63, 3.8) is 0 Å². The average Bonchev–Trinajstić information content (AvgIpc) is 3.12. The quantitative estimate of drug-likeness (QED) is 0.429. The Morgan fingerprint density at radius 1 is 1.14 bits per heavy atom. The van der Waals surface area contributed by atoms with Gasteiger partial charge in [0.15, 0.2) is 0 Å². The molecule has 11 heteroatoms. The predicted molar refractivity (Wildman–Crippen MR) is 107 cm³/mol. The third-order valence-electron chi connectivity index (χ3n) is 3.27. The van der Waals surface area contributed by atoms with Crippen LogP contribution in [0.25, 0.3) is 11.5 Å². The fourth-order valence-corrected chi connectivity index (χ4v) is 3.71. The first-order valence-electron chi connectivity index (χ1n) is 7.68. The molecule has 2 aromatic carbocycles. The van der Waals surface area contributed by atoms with Crippen LogP contribution in [0.15, 0.2) is 57.0 Å². The van der Waals surface area contributed by atoms with Crippen LogP contribution < -0.4 is 5.32 Å². The second-order valence-corrected chi connectivity index (χ2v) is 7.98. The molecule has 5 nitrogen and oxygen atoms in total. The van der Waals surface area contributed by atoms with Crippen LogP contribution in [-0.4, -0.2) is 27.6 Å². The van der Waals surface area contributed by atoms with Crippen molar-refractivity contribution in [3.8, 4) is 11.5 Å². The third kappa shape index (κ3) is 5.60. The number of benzene rings is 2. The van der Waals surface area contributed by atoms with Crippen LogP contribution in [0.1, 0.15) is 0 Å². The van der Waals surface area contributed by atoms with E-state index >= 15 is 0 Å². The molecule has 0 saturated carbocycles. The molecule has 0 fully saturated rings. The molecule has 146 valence electrons. The first kappa shape index (κ1) is 20.9. The molecule has 3 rings (SSSR count). The van der Waals surface area contributed by atoms with Crippen molar-refractivity contribution in [2.45, 2.75) is 15.9 Å². The summed E-state index contributed by atoms with van der Waals surface area (Å²) < 4.78 is 30.9. The van der Waals surface area contributed by atoms with E-state index in [4.69, 9.17) is 27.6 Å². The van der Waals surface area contributed by atoms with E-state index in [1.54, 1.807) is 30.3 Å². The van der Waals surface area contributed by atoms with Gasteiger partial charge in [0.25, 0.3) is 11.0 Å². The third-order valence-corrected chi connectivity index (χ3v) is 5.62. The van der Waals surface area contributed by atoms with Crippen LogP contribution in [0, 0.1) is 0 Å². The molecule has 0 saturated heterocycles. The summed E-state index contributed by atoms with van der Waals surface area (Å²) in [4.78, 5) is 12.3. The number of carbonyl (C=O) groups excluding carboxylic acids is 1. The maximum absolute atomic E-state index is 12.7. The highest BCUT2D eigenvalue weighted by molar-refractivity contribution is 8.00. The maximum atomic E-state index is 12.7. The van der Waals surface area contributed by atoms with E-state index < -0.39 is 11.7 Å². The molecule has 0 aliphatic rings. The molecule has 0 radical (unpaired) electrons. The normalized spacial score (nSPS) is 11.0. The zero-order valence-electron chi connectivity index (χ0n) is 13.9. The Balaban J connectivity index is 1.61. The number of nitrogens with one attached hydrogen (secondary N) is 1. The standard InChI is InChI=1S/C17H11Cl2F2N3O2S2/c18-10-6-4-9(5-7-10)15-23-24-17(26-15)27-8-13(25)22-12-3-1-2-11(19)14(12)28-16(20)21/h1-7,16H,8H2,(H,22,25). The fraction of sp³-hybridized carbons (Fsp3) is 0.118. The van der Waals surface area contributed by atoms with Gasteiger partial charge in [-0.25, -0.2) is 0 Å². The number of hydrogen-bond acceptors (Lipinski definition) is 6. The first-order valence-corrected chi connectivity index (χ1v) is 10.3. The van der Waals surface area contributed by atoms with E-state index in [0.717, 1.165) is 11.8 Å². The van der Waals surface area contributed by atoms with Gasteiger partial charge in [-0.05, 0) is 36.4 Å². The van der Waals surface area contributed by atoms with Gasteiger partial charge in [0.2, 0.25) is 11.8 Å². The molecule has 0 atom stereocenters. The monoisotopic (exact) mass is 461 g/mol.